The average Bonchev–Trinajstić information content (AvgIpc) is 2.38. The quantitative estimate of drug-likeness (QED) is 0.859. The van der Waals surface area contributed by atoms with Crippen LogP contribution in [0.3, 0.4) is 0 Å². The van der Waals surface area contributed by atoms with E-state index in [0.29, 0.717) is 12.5 Å². The van der Waals surface area contributed by atoms with Crippen molar-refractivity contribution in [2.75, 3.05) is 18.1 Å². The molecular formula is C12H16N2O2S. The van der Waals surface area contributed by atoms with Gasteiger partial charge in [0.1, 0.15) is 5.75 Å². The molecule has 92 valence electrons. The Hall–Kier alpha value is -1.23. The molecule has 1 aromatic heterocycles. The number of aromatic hydroxyl groups is 1. The lowest BCUT2D eigenvalue weighted by Gasteiger charge is -2.21. The standard InChI is InChI=1S/C12H16N2O2S/c15-10-2-1-5-13-11(10)12(16)14-8-9-3-6-17-7-4-9/h1-2,5,9,15H,3-4,6-8H2,(H,14,16). The highest BCUT2D eigenvalue weighted by atomic mass is 32.2. The van der Waals surface area contributed by atoms with Gasteiger partial charge in [0.05, 0.1) is 0 Å². The van der Waals surface area contributed by atoms with E-state index in [1.165, 1.54) is 23.8 Å². The first kappa shape index (κ1) is 12.2. The Bertz CT molecular complexity index is 392. The highest BCUT2D eigenvalue weighted by Crippen LogP contribution is 2.22. The Kier molecular flexibility index (Phi) is 4.25. The van der Waals surface area contributed by atoms with Crippen LogP contribution in [-0.2, 0) is 0 Å². The van der Waals surface area contributed by atoms with E-state index in [9.17, 15) is 9.90 Å². The minimum atomic E-state index is -0.290. The van der Waals surface area contributed by atoms with Gasteiger partial charge in [0.2, 0.25) is 0 Å². The molecule has 4 nitrogen and oxygen atoms in total. The molecule has 0 radical (unpaired) electrons. The zero-order valence-electron chi connectivity index (χ0n) is 9.56. The third kappa shape index (κ3) is 3.36. The van der Waals surface area contributed by atoms with Crippen molar-refractivity contribution < 1.29 is 9.90 Å². The van der Waals surface area contributed by atoms with Crippen LogP contribution >= 0.6 is 11.8 Å². The zero-order chi connectivity index (χ0) is 12.1. The van der Waals surface area contributed by atoms with Gasteiger partial charge in [-0.05, 0) is 42.4 Å². The highest BCUT2D eigenvalue weighted by molar-refractivity contribution is 7.99. The predicted molar refractivity (Wildman–Crippen MR) is 68.3 cm³/mol. The van der Waals surface area contributed by atoms with Crippen LogP contribution in [0.5, 0.6) is 5.75 Å². The van der Waals surface area contributed by atoms with Crippen molar-refractivity contribution >= 4 is 17.7 Å². The smallest absolute Gasteiger partial charge is 0.273 e. The number of pyridine rings is 1. The van der Waals surface area contributed by atoms with E-state index >= 15 is 0 Å². The number of carbonyl (C=O) groups excluding carboxylic acids is 1. The Balaban J connectivity index is 1.87. The SMILES string of the molecule is O=C(NCC1CCSCC1)c1ncccc1O. The Morgan fingerprint density at radius 2 is 2.29 bits per heavy atom. The summed E-state index contributed by atoms with van der Waals surface area (Å²) in [4.78, 5) is 15.6. The summed E-state index contributed by atoms with van der Waals surface area (Å²) in [6, 6.07) is 3.07. The van der Waals surface area contributed by atoms with E-state index in [0.717, 1.165) is 12.8 Å². The first-order valence-corrected chi connectivity index (χ1v) is 6.93. The van der Waals surface area contributed by atoms with Gasteiger partial charge in [0.25, 0.3) is 5.91 Å². The van der Waals surface area contributed by atoms with Crippen LogP contribution in [0.4, 0.5) is 0 Å². The number of nitrogens with zero attached hydrogens (tertiary/aromatic N) is 1. The van der Waals surface area contributed by atoms with Crippen LogP contribution in [-0.4, -0.2) is 34.0 Å². The van der Waals surface area contributed by atoms with Gasteiger partial charge >= 0.3 is 0 Å². The van der Waals surface area contributed by atoms with E-state index < -0.39 is 0 Å². The molecule has 0 spiro atoms. The maximum absolute atomic E-state index is 11.8. The molecule has 1 aliphatic rings. The summed E-state index contributed by atoms with van der Waals surface area (Å²) < 4.78 is 0. The molecule has 0 unspecified atom stereocenters. The van der Waals surface area contributed by atoms with Crippen molar-refractivity contribution in [1.29, 1.82) is 0 Å². The summed E-state index contributed by atoms with van der Waals surface area (Å²) >= 11 is 1.97. The van der Waals surface area contributed by atoms with Gasteiger partial charge in [-0.25, -0.2) is 4.98 Å². The summed E-state index contributed by atoms with van der Waals surface area (Å²) in [6.45, 7) is 0.676. The van der Waals surface area contributed by atoms with Gasteiger partial charge in [0.15, 0.2) is 5.69 Å². The average molecular weight is 252 g/mol. The summed E-state index contributed by atoms with van der Waals surface area (Å²) in [5, 5.41) is 12.3. The lowest BCUT2D eigenvalue weighted by Crippen LogP contribution is -2.31. The topological polar surface area (TPSA) is 62.2 Å². The molecule has 1 fully saturated rings. The van der Waals surface area contributed by atoms with E-state index in [2.05, 4.69) is 10.3 Å². The second-order valence-corrected chi connectivity index (χ2v) is 5.36. The molecule has 0 saturated carbocycles. The van der Waals surface area contributed by atoms with Crippen molar-refractivity contribution in [3.8, 4) is 5.75 Å². The minimum Gasteiger partial charge on any atom is -0.505 e. The molecule has 5 heteroatoms. The normalized spacial score (nSPS) is 16.7. The van der Waals surface area contributed by atoms with Gasteiger partial charge < -0.3 is 10.4 Å². The third-order valence-electron chi connectivity index (χ3n) is 2.89. The lowest BCUT2D eigenvalue weighted by atomic mass is 10.0. The van der Waals surface area contributed by atoms with Crippen molar-refractivity contribution in [3.63, 3.8) is 0 Å². The van der Waals surface area contributed by atoms with Gasteiger partial charge in [-0.15, -0.1) is 0 Å². The summed E-state index contributed by atoms with van der Waals surface area (Å²) in [6.07, 6.45) is 3.81. The Labute approximate surface area is 105 Å². The second kappa shape index (κ2) is 5.91. The molecule has 1 aliphatic heterocycles. The van der Waals surface area contributed by atoms with Crippen molar-refractivity contribution in [1.82, 2.24) is 10.3 Å². The van der Waals surface area contributed by atoms with Crippen LogP contribution < -0.4 is 5.32 Å². The van der Waals surface area contributed by atoms with E-state index in [-0.39, 0.29) is 17.4 Å². The van der Waals surface area contributed by atoms with Crippen molar-refractivity contribution in [2.45, 2.75) is 12.8 Å². The Morgan fingerprint density at radius 3 is 3.00 bits per heavy atom. The van der Waals surface area contributed by atoms with Crippen LogP contribution in [0, 0.1) is 5.92 Å². The monoisotopic (exact) mass is 252 g/mol. The number of nitrogens with one attached hydrogen (secondary N) is 1. The molecule has 0 bridgehead atoms. The molecule has 1 saturated heterocycles. The molecular weight excluding hydrogens is 236 g/mol. The van der Waals surface area contributed by atoms with Crippen LogP contribution in [0.2, 0.25) is 0 Å². The van der Waals surface area contributed by atoms with Gasteiger partial charge in [-0.2, -0.15) is 11.8 Å². The van der Waals surface area contributed by atoms with Crippen LogP contribution in [0.15, 0.2) is 18.3 Å². The van der Waals surface area contributed by atoms with Crippen LogP contribution in [0.1, 0.15) is 23.3 Å². The maximum Gasteiger partial charge on any atom is 0.273 e. The fourth-order valence-electron chi connectivity index (χ4n) is 1.84. The predicted octanol–water partition coefficient (Wildman–Crippen LogP) is 1.66. The minimum absolute atomic E-state index is 0.0656. The van der Waals surface area contributed by atoms with Crippen LogP contribution in [0.25, 0.3) is 0 Å². The summed E-state index contributed by atoms with van der Waals surface area (Å²) in [7, 11) is 0. The van der Waals surface area contributed by atoms with Gasteiger partial charge in [-0.1, -0.05) is 0 Å². The number of amides is 1. The number of aromatic nitrogens is 1. The number of carbonyl (C=O) groups is 1. The molecule has 0 atom stereocenters. The van der Waals surface area contributed by atoms with Crippen molar-refractivity contribution in [2.24, 2.45) is 5.92 Å². The lowest BCUT2D eigenvalue weighted by molar-refractivity contribution is 0.0938. The molecule has 0 aliphatic carbocycles. The fourth-order valence-corrected chi connectivity index (χ4v) is 3.05. The largest absolute Gasteiger partial charge is 0.505 e. The molecule has 2 heterocycles. The summed E-state index contributed by atoms with van der Waals surface area (Å²) in [5.74, 6) is 2.56. The highest BCUT2D eigenvalue weighted by Gasteiger charge is 2.17. The molecule has 17 heavy (non-hydrogen) atoms. The first-order valence-electron chi connectivity index (χ1n) is 5.77. The fraction of sp³-hybridized carbons (Fsp3) is 0.500. The molecule has 1 aromatic rings. The van der Waals surface area contributed by atoms with Crippen molar-refractivity contribution in [3.05, 3.63) is 24.0 Å². The molecule has 2 rings (SSSR count). The number of rotatable bonds is 3. The van der Waals surface area contributed by atoms with Gasteiger partial charge in [-0.3, -0.25) is 4.79 Å². The number of thioether (sulfide) groups is 1. The van der Waals surface area contributed by atoms with E-state index in [1.54, 1.807) is 6.07 Å². The second-order valence-electron chi connectivity index (χ2n) is 4.14. The number of hydrogen-bond donors (Lipinski definition) is 2. The molecule has 2 N–H and O–H groups in total. The number of hydrogen-bond acceptors (Lipinski definition) is 4. The van der Waals surface area contributed by atoms with Gasteiger partial charge in [0, 0.05) is 12.7 Å². The molecule has 1 amide bonds. The first-order chi connectivity index (χ1) is 8.27. The molecule has 0 aromatic carbocycles. The maximum atomic E-state index is 11.8. The summed E-state index contributed by atoms with van der Waals surface area (Å²) in [5.41, 5.74) is 0.109. The van der Waals surface area contributed by atoms with E-state index in [4.69, 9.17) is 0 Å². The van der Waals surface area contributed by atoms with E-state index in [1.807, 2.05) is 11.8 Å². The zero-order valence-corrected chi connectivity index (χ0v) is 10.4. The Morgan fingerprint density at radius 1 is 1.53 bits per heavy atom. The third-order valence-corrected chi connectivity index (χ3v) is 3.94.